The highest BCUT2D eigenvalue weighted by molar-refractivity contribution is 5.58. The second-order valence-electron chi connectivity index (χ2n) is 3.30. The fourth-order valence-corrected chi connectivity index (χ4v) is 1.39. The van der Waals surface area contributed by atoms with Gasteiger partial charge in [-0.1, -0.05) is 12.1 Å². The first-order chi connectivity index (χ1) is 7.69. The summed E-state index contributed by atoms with van der Waals surface area (Å²) in [5, 5.41) is 0. The molecule has 2 rings (SSSR count). The highest BCUT2D eigenvalue weighted by Gasteiger charge is 2.05. The number of aromatic nitrogens is 3. The van der Waals surface area contributed by atoms with E-state index >= 15 is 0 Å². The van der Waals surface area contributed by atoms with Crippen molar-refractivity contribution >= 4 is 5.95 Å². The van der Waals surface area contributed by atoms with Gasteiger partial charge in [0, 0.05) is 5.56 Å². The molecule has 0 aliphatic carbocycles. The Balaban J connectivity index is 2.49. The molecule has 82 valence electrons. The molecule has 0 aliphatic heterocycles. The van der Waals surface area contributed by atoms with Crippen LogP contribution in [0.4, 0.5) is 5.95 Å². The molecule has 16 heavy (non-hydrogen) atoms. The van der Waals surface area contributed by atoms with Crippen LogP contribution in [0.25, 0.3) is 11.4 Å². The molecule has 1 heterocycles. The summed E-state index contributed by atoms with van der Waals surface area (Å²) in [6, 6.07) is 7.50. The van der Waals surface area contributed by atoms with Crippen molar-refractivity contribution in [3.63, 3.8) is 0 Å². The molecule has 0 spiro atoms. The minimum absolute atomic E-state index is 0.227. The van der Waals surface area contributed by atoms with Gasteiger partial charge in [-0.15, -0.1) is 0 Å². The van der Waals surface area contributed by atoms with E-state index in [-0.39, 0.29) is 5.95 Å². The van der Waals surface area contributed by atoms with Crippen molar-refractivity contribution in [3.8, 4) is 17.1 Å². The van der Waals surface area contributed by atoms with Crippen LogP contribution in [0.3, 0.4) is 0 Å². The Hall–Kier alpha value is -2.17. The fraction of sp³-hybridized carbons (Fsp3) is 0.182. The van der Waals surface area contributed by atoms with Gasteiger partial charge in [0.05, 0.1) is 7.11 Å². The first-order valence-corrected chi connectivity index (χ1v) is 4.81. The van der Waals surface area contributed by atoms with Crippen LogP contribution in [0.15, 0.2) is 24.3 Å². The number of ether oxygens (including phenoxy) is 1. The lowest BCUT2D eigenvalue weighted by Crippen LogP contribution is -2.01. The zero-order chi connectivity index (χ0) is 11.5. The van der Waals surface area contributed by atoms with Gasteiger partial charge in [-0.05, 0) is 19.1 Å². The summed E-state index contributed by atoms with van der Waals surface area (Å²) in [7, 11) is 1.62. The van der Waals surface area contributed by atoms with Crippen LogP contribution in [0.1, 0.15) is 5.82 Å². The van der Waals surface area contributed by atoms with Gasteiger partial charge in [-0.25, -0.2) is 4.98 Å². The van der Waals surface area contributed by atoms with Gasteiger partial charge in [-0.2, -0.15) is 9.97 Å². The van der Waals surface area contributed by atoms with Gasteiger partial charge < -0.3 is 10.5 Å². The summed E-state index contributed by atoms with van der Waals surface area (Å²) in [6.45, 7) is 1.78. The Morgan fingerprint density at radius 1 is 1.19 bits per heavy atom. The summed E-state index contributed by atoms with van der Waals surface area (Å²) in [5.41, 5.74) is 6.43. The molecule has 2 aromatic rings. The summed E-state index contributed by atoms with van der Waals surface area (Å²) in [5.74, 6) is 2.15. The highest BCUT2D eigenvalue weighted by Crippen LogP contribution is 2.20. The molecule has 0 amide bonds. The molecule has 0 saturated carbocycles. The molecule has 0 aliphatic rings. The lowest BCUT2D eigenvalue weighted by molar-refractivity contribution is 0.415. The molecule has 1 aromatic heterocycles. The normalized spacial score (nSPS) is 10.1. The van der Waals surface area contributed by atoms with E-state index in [1.807, 2.05) is 24.3 Å². The topological polar surface area (TPSA) is 73.9 Å². The number of aryl methyl sites for hydroxylation is 1. The average Bonchev–Trinajstić information content (AvgIpc) is 2.28. The van der Waals surface area contributed by atoms with E-state index in [0.29, 0.717) is 11.6 Å². The number of hydrogen-bond acceptors (Lipinski definition) is 5. The molecule has 5 heteroatoms. The third kappa shape index (κ3) is 2.08. The molecule has 0 bridgehead atoms. The van der Waals surface area contributed by atoms with E-state index in [0.717, 1.165) is 11.3 Å². The number of methoxy groups -OCH3 is 1. The number of benzene rings is 1. The molecular formula is C11H12N4O. The minimum Gasteiger partial charge on any atom is -0.497 e. The van der Waals surface area contributed by atoms with Crippen molar-refractivity contribution in [3.05, 3.63) is 30.1 Å². The van der Waals surface area contributed by atoms with Crippen LogP contribution in [0.5, 0.6) is 5.75 Å². The van der Waals surface area contributed by atoms with Crippen LogP contribution >= 0.6 is 0 Å². The van der Waals surface area contributed by atoms with Crippen LogP contribution in [-0.4, -0.2) is 22.1 Å². The van der Waals surface area contributed by atoms with Crippen LogP contribution in [0.2, 0.25) is 0 Å². The summed E-state index contributed by atoms with van der Waals surface area (Å²) < 4.78 is 5.13. The standard InChI is InChI=1S/C11H12N4O/c1-7-13-10(15-11(12)14-7)8-4-3-5-9(6-8)16-2/h3-6H,1-2H3,(H2,12,13,14,15). The van der Waals surface area contributed by atoms with Crippen molar-refractivity contribution in [2.45, 2.75) is 6.92 Å². The molecule has 0 saturated heterocycles. The van der Waals surface area contributed by atoms with Gasteiger partial charge in [0.1, 0.15) is 11.6 Å². The quantitative estimate of drug-likeness (QED) is 0.822. The molecule has 0 fully saturated rings. The number of rotatable bonds is 2. The van der Waals surface area contributed by atoms with Gasteiger partial charge in [0.25, 0.3) is 0 Å². The third-order valence-electron chi connectivity index (χ3n) is 2.09. The van der Waals surface area contributed by atoms with E-state index in [1.165, 1.54) is 0 Å². The van der Waals surface area contributed by atoms with Gasteiger partial charge in [0.15, 0.2) is 5.82 Å². The molecule has 5 nitrogen and oxygen atoms in total. The minimum atomic E-state index is 0.227. The van der Waals surface area contributed by atoms with Crippen LogP contribution in [-0.2, 0) is 0 Å². The second kappa shape index (κ2) is 4.14. The van der Waals surface area contributed by atoms with Crippen LogP contribution in [0, 0.1) is 6.92 Å². The van der Waals surface area contributed by atoms with Gasteiger partial charge >= 0.3 is 0 Å². The molecule has 0 atom stereocenters. The molecule has 2 N–H and O–H groups in total. The summed E-state index contributed by atoms with van der Waals surface area (Å²) >= 11 is 0. The zero-order valence-electron chi connectivity index (χ0n) is 9.14. The van der Waals surface area contributed by atoms with Gasteiger partial charge in [-0.3, -0.25) is 0 Å². The fourth-order valence-electron chi connectivity index (χ4n) is 1.39. The first kappa shape index (κ1) is 10.4. The maximum absolute atomic E-state index is 5.57. The van der Waals surface area contributed by atoms with Crippen molar-refractivity contribution in [1.82, 2.24) is 15.0 Å². The predicted molar refractivity (Wildman–Crippen MR) is 61.0 cm³/mol. The molecule has 0 radical (unpaired) electrons. The summed E-state index contributed by atoms with van der Waals surface area (Å²) in [6.07, 6.45) is 0. The summed E-state index contributed by atoms with van der Waals surface area (Å²) in [4.78, 5) is 12.2. The molecular weight excluding hydrogens is 204 g/mol. The van der Waals surface area contributed by atoms with E-state index in [1.54, 1.807) is 14.0 Å². The number of nitrogen functional groups attached to an aromatic ring is 1. The lowest BCUT2D eigenvalue weighted by Gasteiger charge is -2.04. The highest BCUT2D eigenvalue weighted by atomic mass is 16.5. The second-order valence-corrected chi connectivity index (χ2v) is 3.30. The maximum atomic E-state index is 5.57. The van der Waals surface area contributed by atoms with E-state index in [2.05, 4.69) is 15.0 Å². The van der Waals surface area contributed by atoms with Gasteiger partial charge in [0.2, 0.25) is 5.95 Å². The SMILES string of the molecule is COc1cccc(-c2nc(C)nc(N)n2)c1. The molecule has 0 unspecified atom stereocenters. The Morgan fingerprint density at radius 2 is 2.00 bits per heavy atom. The van der Waals surface area contributed by atoms with E-state index < -0.39 is 0 Å². The van der Waals surface area contributed by atoms with E-state index in [4.69, 9.17) is 10.5 Å². The number of hydrogen-bond donors (Lipinski definition) is 1. The smallest absolute Gasteiger partial charge is 0.223 e. The van der Waals surface area contributed by atoms with Crippen molar-refractivity contribution < 1.29 is 4.74 Å². The number of nitrogens with zero attached hydrogens (tertiary/aromatic N) is 3. The Kier molecular flexibility index (Phi) is 2.68. The molecule has 1 aromatic carbocycles. The number of nitrogens with two attached hydrogens (primary N) is 1. The zero-order valence-corrected chi connectivity index (χ0v) is 9.14. The average molecular weight is 216 g/mol. The predicted octanol–water partition coefficient (Wildman–Crippen LogP) is 1.44. The maximum Gasteiger partial charge on any atom is 0.223 e. The number of anilines is 1. The van der Waals surface area contributed by atoms with Crippen LogP contribution < -0.4 is 10.5 Å². The Morgan fingerprint density at radius 3 is 2.69 bits per heavy atom. The monoisotopic (exact) mass is 216 g/mol. The van der Waals surface area contributed by atoms with Crippen molar-refractivity contribution in [1.29, 1.82) is 0 Å². The third-order valence-corrected chi connectivity index (χ3v) is 2.09. The van der Waals surface area contributed by atoms with E-state index in [9.17, 15) is 0 Å². The van der Waals surface area contributed by atoms with Crippen molar-refractivity contribution in [2.24, 2.45) is 0 Å². The Labute approximate surface area is 93.3 Å². The largest absolute Gasteiger partial charge is 0.497 e. The van der Waals surface area contributed by atoms with Crippen molar-refractivity contribution in [2.75, 3.05) is 12.8 Å². The Bertz CT molecular complexity index is 493. The lowest BCUT2D eigenvalue weighted by atomic mass is 10.2. The first-order valence-electron chi connectivity index (χ1n) is 4.81.